The van der Waals surface area contributed by atoms with Crippen molar-refractivity contribution in [1.29, 1.82) is 0 Å². The molecular formula is C18H21N3O5. The molecule has 0 unspecified atom stereocenters. The molecular weight excluding hydrogens is 338 g/mol. The number of fused-ring (bicyclic) bond motifs is 1. The minimum Gasteiger partial charge on any atom is -0.466 e. The molecule has 1 heterocycles. The van der Waals surface area contributed by atoms with Gasteiger partial charge in [0.1, 0.15) is 0 Å². The van der Waals surface area contributed by atoms with Crippen molar-refractivity contribution in [3.8, 4) is 0 Å². The molecule has 0 amide bonds. The number of hydrogen-bond acceptors (Lipinski definition) is 7. The first-order chi connectivity index (χ1) is 12.5. The van der Waals surface area contributed by atoms with Gasteiger partial charge in [-0.05, 0) is 19.9 Å². The summed E-state index contributed by atoms with van der Waals surface area (Å²) in [5.74, 6) is -1.31. The fourth-order valence-electron chi connectivity index (χ4n) is 2.35. The van der Waals surface area contributed by atoms with E-state index in [1.54, 1.807) is 27.0 Å². The number of rotatable bonds is 7. The zero-order valence-corrected chi connectivity index (χ0v) is 14.9. The lowest BCUT2D eigenvalue weighted by molar-refractivity contribution is -0.143. The van der Waals surface area contributed by atoms with Crippen molar-refractivity contribution in [2.24, 2.45) is 12.1 Å². The summed E-state index contributed by atoms with van der Waals surface area (Å²) in [6.45, 7) is 3.67. The standard InChI is InChI=1S/C18H21N3O5/c1-4-25-17(23)11-14(18(24)26-5-2)20-19-13-10-16(22)21(3)15-9-7-6-8-12(13)15/h6-10,19H,4-5,11H2,1-3H3/b20-14+. The maximum Gasteiger partial charge on any atom is 0.355 e. The number of nitrogens with zero attached hydrogens (tertiary/aromatic N) is 2. The molecule has 26 heavy (non-hydrogen) atoms. The molecule has 0 spiro atoms. The number of carbonyl (C=O) groups is 2. The number of aromatic nitrogens is 1. The predicted octanol–water partition coefficient (Wildman–Crippen LogP) is 1.82. The molecule has 1 aromatic carbocycles. The van der Waals surface area contributed by atoms with E-state index in [0.29, 0.717) is 11.2 Å². The normalized spacial score (nSPS) is 11.3. The Morgan fingerprint density at radius 1 is 1.15 bits per heavy atom. The van der Waals surface area contributed by atoms with Gasteiger partial charge >= 0.3 is 11.9 Å². The highest BCUT2D eigenvalue weighted by molar-refractivity contribution is 6.39. The first-order valence-corrected chi connectivity index (χ1v) is 8.22. The number of esters is 2. The average Bonchev–Trinajstić information content (AvgIpc) is 2.62. The maximum atomic E-state index is 12.1. The summed E-state index contributed by atoms with van der Waals surface area (Å²) in [6, 6.07) is 8.64. The number of nitrogens with one attached hydrogen (secondary N) is 1. The van der Waals surface area contributed by atoms with Crippen LogP contribution in [-0.2, 0) is 26.1 Å². The molecule has 1 aromatic heterocycles. The Hall–Kier alpha value is -3.16. The molecule has 0 fully saturated rings. The molecule has 0 atom stereocenters. The smallest absolute Gasteiger partial charge is 0.355 e. The summed E-state index contributed by atoms with van der Waals surface area (Å²) in [5.41, 5.74) is 3.48. The van der Waals surface area contributed by atoms with Crippen LogP contribution in [0, 0.1) is 0 Å². The molecule has 2 rings (SSSR count). The van der Waals surface area contributed by atoms with E-state index in [4.69, 9.17) is 9.47 Å². The number of para-hydroxylation sites is 1. The van der Waals surface area contributed by atoms with E-state index in [1.807, 2.05) is 18.2 Å². The molecule has 1 N–H and O–H groups in total. The van der Waals surface area contributed by atoms with Gasteiger partial charge in [0.25, 0.3) is 5.56 Å². The van der Waals surface area contributed by atoms with E-state index in [2.05, 4.69) is 10.5 Å². The van der Waals surface area contributed by atoms with Gasteiger partial charge in [-0.1, -0.05) is 18.2 Å². The first kappa shape index (κ1) is 19.2. The lowest BCUT2D eigenvalue weighted by Crippen LogP contribution is -2.23. The Labute approximate surface area is 150 Å². The van der Waals surface area contributed by atoms with Crippen LogP contribution in [0.3, 0.4) is 0 Å². The van der Waals surface area contributed by atoms with Gasteiger partial charge in [0.05, 0.1) is 30.8 Å². The highest BCUT2D eigenvalue weighted by Crippen LogP contribution is 2.20. The van der Waals surface area contributed by atoms with Crippen molar-refractivity contribution in [2.75, 3.05) is 18.6 Å². The van der Waals surface area contributed by atoms with Crippen LogP contribution in [0.4, 0.5) is 5.69 Å². The summed E-state index contributed by atoms with van der Waals surface area (Å²) in [4.78, 5) is 35.8. The highest BCUT2D eigenvalue weighted by Gasteiger charge is 2.18. The van der Waals surface area contributed by atoms with E-state index in [-0.39, 0.29) is 30.9 Å². The monoisotopic (exact) mass is 359 g/mol. The quantitative estimate of drug-likeness (QED) is 0.460. The zero-order chi connectivity index (χ0) is 19.1. The Morgan fingerprint density at radius 3 is 2.54 bits per heavy atom. The predicted molar refractivity (Wildman–Crippen MR) is 98.1 cm³/mol. The molecule has 0 saturated heterocycles. The lowest BCUT2D eigenvalue weighted by atomic mass is 10.2. The molecule has 0 saturated carbocycles. The van der Waals surface area contributed by atoms with Crippen molar-refractivity contribution in [1.82, 2.24) is 4.57 Å². The third kappa shape index (κ3) is 4.47. The molecule has 0 aliphatic heterocycles. The molecule has 8 heteroatoms. The van der Waals surface area contributed by atoms with E-state index < -0.39 is 11.9 Å². The number of hydrazone groups is 1. The summed E-state index contributed by atoms with van der Waals surface area (Å²) >= 11 is 0. The molecule has 8 nitrogen and oxygen atoms in total. The topological polar surface area (TPSA) is 99.0 Å². The minimum atomic E-state index is -0.721. The molecule has 138 valence electrons. The second-order valence-corrected chi connectivity index (χ2v) is 5.34. The second kappa shape index (κ2) is 8.80. The maximum absolute atomic E-state index is 12.1. The van der Waals surface area contributed by atoms with Crippen LogP contribution < -0.4 is 11.0 Å². The van der Waals surface area contributed by atoms with Crippen molar-refractivity contribution >= 4 is 34.2 Å². The zero-order valence-electron chi connectivity index (χ0n) is 14.9. The summed E-state index contributed by atoms with van der Waals surface area (Å²) in [5, 5.41) is 4.75. The van der Waals surface area contributed by atoms with Crippen LogP contribution in [0.5, 0.6) is 0 Å². The van der Waals surface area contributed by atoms with Crippen molar-refractivity contribution in [2.45, 2.75) is 20.3 Å². The highest BCUT2D eigenvalue weighted by atomic mass is 16.5. The number of ether oxygens (including phenoxy) is 2. The molecule has 0 aliphatic rings. The fourth-order valence-corrected chi connectivity index (χ4v) is 2.35. The van der Waals surface area contributed by atoms with E-state index in [0.717, 1.165) is 5.39 Å². The van der Waals surface area contributed by atoms with Gasteiger partial charge < -0.3 is 14.0 Å². The summed E-state index contributed by atoms with van der Waals surface area (Å²) in [7, 11) is 1.67. The Morgan fingerprint density at radius 2 is 1.85 bits per heavy atom. The van der Waals surface area contributed by atoms with Gasteiger partial charge in [-0.25, -0.2) is 4.79 Å². The van der Waals surface area contributed by atoms with E-state index in [9.17, 15) is 14.4 Å². The largest absolute Gasteiger partial charge is 0.466 e. The number of aryl methyl sites for hydroxylation is 1. The molecule has 0 aliphatic carbocycles. The average molecular weight is 359 g/mol. The Bertz CT molecular complexity index is 901. The van der Waals surface area contributed by atoms with Gasteiger partial charge in [0.15, 0.2) is 5.71 Å². The van der Waals surface area contributed by atoms with Crippen LogP contribution in [-0.4, -0.2) is 35.4 Å². The minimum absolute atomic E-state index is 0.130. The second-order valence-electron chi connectivity index (χ2n) is 5.34. The van der Waals surface area contributed by atoms with E-state index in [1.165, 1.54) is 10.6 Å². The fraction of sp³-hybridized carbons (Fsp3) is 0.333. The van der Waals surface area contributed by atoms with Gasteiger partial charge in [-0.3, -0.25) is 15.0 Å². The molecule has 0 radical (unpaired) electrons. The third-order valence-corrected chi connectivity index (χ3v) is 3.59. The number of hydrogen-bond donors (Lipinski definition) is 1. The third-order valence-electron chi connectivity index (χ3n) is 3.59. The van der Waals surface area contributed by atoms with Crippen LogP contribution in [0.2, 0.25) is 0 Å². The van der Waals surface area contributed by atoms with Crippen molar-refractivity contribution < 1.29 is 19.1 Å². The lowest BCUT2D eigenvalue weighted by Gasteiger charge is -2.11. The molecule has 0 bridgehead atoms. The number of pyridine rings is 1. The van der Waals surface area contributed by atoms with E-state index >= 15 is 0 Å². The van der Waals surface area contributed by atoms with Crippen LogP contribution in [0.15, 0.2) is 40.2 Å². The Kier molecular flexibility index (Phi) is 6.48. The van der Waals surface area contributed by atoms with Gasteiger partial charge in [-0.2, -0.15) is 5.10 Å². The number of carbonyl (C=O) groups excluding carboxylic acids is 2. The first-order valence-electron chi connectivity index (χ1n) is 8.22. The summed E-state index contributed by atoms with van der Waals surface area (Å²) < 4.78 is 11.3. The van der Waals surface area contributed by atoms with Crippen LogP contribution >= 0.6 is 0 Å². The summed E-state index contributed by atoms with van der Waals surface area (Å²) in [6.07, 6.45) is -0.331. The van der Waals surface area contributed by atoms with Crippen LogP contribution in [0.1, 0.15) is 20.3 Å². The van der Waals surface area contributed by atoms with Crippen molar-refractivity contribution in [3.05, 3.63) is 40.7 Å². The van der Waals surface area contributed by atoms with Crippen molar-refractivity contribution in [3.63, 3.8) is 0 Å². The SMILES string of the molecule is CCOC(=O)C/C(=N\Nc1cc(=O)n(C)c2ccccc12)C(=O)OCC. The number of benzene rings is 1. The van der Waals surface area contributed by atoms with Gasteiger partial charge in [0.2, 0.25) is 0 Å². The van der Waals surface area contributed by atoms with Gasteiger partial charge in [-0.15, -0.1) is 0 Å². The molecule has 2 aromatic rings. The van der Waals surface area contributed by atoms with Gasteiger partial charge in [0, 0.05) is 18.5 Å². The number of anilines is 1. The van der Waals surface area contributed by atoms with Crippen LogP contribution in [0.25, 0.3) is 10.9 Å². The Balaban J connectivity index is 2.38.